The molecule has 3 rings (SSSR count). The van der Waals surface area contributed by atoms with Gasteiger partial charge in [-0.05, 0) is 38.5 Å². The number of nitrogens with zero attached hydrogens (tertiary/aromatic N) is 1. The maximum atomic E-state index is 12.1. The van der Waals surface area contributed by atoms with Crippen molar-refractivity contribution in [3.05, 3.63) is 0 Å². The van der Waals surface area contributed by atoms with Gasteiger partial charge in [-0.15, -0.1) is 5.06 Å². The van der Waals surface area contributed by atoms with Gasteiger partial charge in [0.2, 0.25) is 11.8 Å². The van der Waals surface area contributed by atoms with Gasteiger partial charge in [-0.1, -0.05) is 19.3 Å². The molecule has 0 bridgehead atoms. The Hall–Kier alpha value is -1.92. The van der Waals surface area contributed by atoms with Gasteiger partial charge in [-0.2, -0.15) is 20.2 Å². The first kappa shape index (κ1) is 38.3. The average molecular weight is 672 g/mol. The third-order valence-corrected chi connectivity index (χ3v) is 10.1. The minimum atomic E-state index is -4.77. The zero-order valence-electron chi connectivity index (χ0n) is 26.0. The predicted molar refractivity (Wildman–Crippen MR) is 156 cm³/mol. The molecule has 0 aromatic carbocycles. The summed E-state index contributed by atoms with van der Waals surface area (Å²) in [5.74, 6) is -2.32. The van der Waals surface area contributed by atoms with Crippen molar-refractivity contribution in [3.8, 4) is 0 Å². The molecule has 2 unspecified atom stereocenters. The van der Waals surface area contributed by atoms with E-state index in [0.717, 1.165) is 37.9 Å². The molecule has 0 aromatic heterocycles. The molecule has 44 heavy (non-hydrogen) atoms. The molecule has 15 nitrogen and oxygen atoms in total. The number of hydrogen-bond acceptors (Lipinski definition) is 10. The second-order valence-electron chi connectivity index (χ2n) is 10.9. The molecule has 6 amide bonds. The summed E-state index contributed by atoms with van der Waals surface area (Å²) in [4.78, 5) is 75.6. The van der Waals surface area contributed by atoms with Crippen LogP contribution in [-0.2, 0) is 38.9 Å². The first-order valence-corrected chi connectivity index (χ1v) is 17.3. The van der Waals surface area contributed by atoms with E-state index in [1.54, 1.807) is 0 Å². The smallest absolute Gasteiger partial charge is 1.00 e. The van der Waals surface area contributed by atoms with E-state index >= 15 is 0 Å². The molecule has 0 radical (unpaired) electrons. The predicted octanol–water partition coefficient (Wildman–Crippen LogP) is -2.34. The number of hydrogen-bond donors (Lipinski definition) is 5. The topological polar surface area (TPSA) is 217 Å². The molecule has 3 aliphatic heterocycles. The Bertz CT molecular complexity index is 1160. The largest absolute Gasteiger partial charge is 1.00 e. The molecule has 3 heterocycles. The second kappa shape index (κ2) is 18.9. The van der Waals surface area contributed by atoms with Gasteiger partial charge < -0.3 is 27.5 Å². The number of urea groups is 1. The van der Waals surface area contributed by atoms with E-state index in [4.69, 9.17) is 4.55 Å². The SMILES string of the molecule is O=C(CCCCCNC(=O)CCCCC1SC[C@@H]2NC(=O)N[C@H]12)NCCCCCC(=O)ON1C(=O)CC(S(=O)(=O)O)C1=O.[H-].[Na+]. The third kappa shape index (κ3) is 12.5. The normalized spacial score (nSPS) is 22.6. The number of hydroxylamine groups is 2. The molecule has 5 N–H and O–H groups in total. The van der Waals surface area contributed by atoms with E-state index in [1.165, 1.54) is 0 Å². The van der Waals surface area contributed by atoms with Crippen LogP contribution in [0.15, 0.2) is 0 Å². The number of fused-ring (bicyclic) bond motifs is 1. The molecule has 0 aromatic rings. The summed E-state index contributed by atoms with van der Waals surface area (Å²) in [6, 6.07) is 0.323. The first-order valence-electron chi connectivity index (χ1n) is 14.7. The minimum absolute atomic E-state index is 0. The monoisotopic (exact) mass is 671 g/mol. The zero-order chi connectivity index (χ0) is 31.4. The van der Waals surface area contributed by atoms with Crippen LogP contribution >= 0.6 is 11.8 Å². The van der Waals surface area contributed by atoms with Crippen molar-refractivity contribution in [2.24, 2.45) is 0 Å². The number of carbonyl (C=O) groups excluding carboxylic acids is 6. The maximum absolute atomic E-state index is 12.1. The fraction of sp³-hybridized carbons (Fsp3) is 0.769. The van der Waals surface area contributed by atoms with Crippen LogP contribution in [0.4, 0.5) is 4.79 Å². The van der Waals surface area contributed by atoms with Gasteiger partial charge in [-0.25, -0.2) is 9.59 Å². The summed E-state index contributed by atoms with van der Waals surface area (Å²) < 4.78 is 31.2. The summed E-state index contributed by atoms with van der Waals surface area (Å²) >= 11 is 1.87. The van der Waals surface area contributed by atoms with Crippen molar-refractivity contribution in [2.45, 2.75) is 106 Å². The molecule has 4 atom stereocenters. The number of thioether (sulfide) groups is 1. The zero-order valence-corrected chi connectivity index (χ0v) is 28.6. The number of amides is 6. The molecular weight excluding hydrogens is 629 g/mol. The Morgan fingerprint density at radius 3 is 2.09 bits per heavy atom. The Labute approximate surface area is 284 Å². The van der Waals surface area contributed by atoms with E-state index in [2.05, 4.69) is 26.1 Å². The average Bonchev–Trinajstić information content (AvgIpc) is 3.58. The molecule has 3 aliphatic rings. The van der Waals surface area contributed by atoms with Crippen LogP contribution in [0.25, 0.3) is 0 Å². The molecule has 0 spiro atoms. The number of nitrogens with one attached hydrogen (secondary N) is 4. The van der Waals surface area contributed by atoms with Crippen molar-refractivity contribution in [1.82, 2.24) is 26.3 Å². The third-order valence-electron chi connectivity index (χ3n) is 7.48. The second-order valence-corrected chi connectivity index (χ2v) is 13.8. The Kier molecular flexibility index (Phi) is 16.4. The molecule has 0 aliphatic carbocycles. The number of carbonyl (C=O) groups is 6. The van der Waals surface area contributed by atoms with E-state index in [9.17, 15) is 37.2 Å². The van der Waals surface area contributed by atoms with Gasteiger partial charge in [0.05, 0.1) is 18.5 Å². The Morgan fingerprint density at radius 2 is 1.50 bits per heavy atom. The van der Waals surface area contributed by atoms with Crippen molar-refractivity contribution in [3.63, 3.8) is 0 Å². The molecule has 0 saturated carbocycles. The number of rotatable bonds is 19. The van der Waals surface area contributed by atoms with Crippen LogP contribution in [0.2, 0.25) is 0 Å². The number of unbranched alkanes of at least 4 members (excludes halogenated alkanes) is 5. The van der Waals surface area contributed by atoms with Crippen LogP contribution in [0.5, 0.6) is 0 Å². The van der Waals surface area contributed by atoms with E-state index in [1.807, 2.05) is 11.8 Å². The molecule has 3 fully saturated rings. The van der Waals surface area contributed by atoms with E-state index < -0.39 is 39.6 Å². The summed E-state index contributed by atoms with van der Waals surface area (Å²) in [6.45, 7) is 0.999. The Balaban J connectivity index is 0.00000506. The van der Waals surface area contributed by atoms with Crippen molar-refractivity contribution in [1.29, 1.82) is 0 Å². The molecular formula is C26H42N5NaO10S2. The summed E-state index contributed by atoms with van der Waals surface area (Å²) in [6.07, 6.45) is 6.53. The van der Waals surface area contributed by atoms with Crippen LogP contribution in [0.1, 0.15) is 84.9 Å². The van der Waals surface area contributed by atoms with Gasteiger partial charge in [0.25, 0.3) is 21.9 Å². The van der Waals surface area contributed by atoms with Gasteiger partial charge in [0, 0.05) is 43.4 Å². The molecule has 244 valence electrons. The summed E-state index contributed by atoms with van der Waals surface area (Å²) in [7, 11) is -4.77. The van der Waals surface area contributed by atoms with Crippen LogP contribution in [-0.4, -0.2) is 95.1 Å². The van der Waals surface area contributed by atoms with Crippen molar-refractivity contribution >= 4 is 57.5 Å². The van der Waals surface area contributed by atoms with E-state index in [-0.39, 0.29) is 72.4 Å². The van der Waals surface area contributed by atoms with E-state index in [0.29, 0.717) is 56.9 Å². The first-order chi connectivity index (χ1) is 20.5. The van der Waals surface area contributed by atoms with Crippen LogP contribution < -0.4 is 50.8 Å². The quantitative estimate of drug-likeness (QED) is 0.0322. The van der Waals surface area contributed by atoms with Crippen molar-refractivity contribution < 1.29 is 77.6 Å². The van der Waals surface area contributed by atoms with Gasteiger partial charge in [0.1, 0.15) is 0 Å². The number of imide groups is 1. The summed E-state index contributed by atoms with van der Waals surface area (Å²) in [5, 5.41) is 10.2. The molecule has 18 heteroatoms. The fourth-order valence-corrected chi connectivity index (χ4v) is 7.37. The van der Waals surface area contributed by atoms with Crippen LogP contribution in [0.3, 0.4) is 0 Å². The summed E-state index contributed by atoms with van der Waals surface area (Å²) in [5.41, 5.74) is 0. The van der Waals surface area contributed by atoms with Crippen molar-refractivity contribution in [2.75, 3.05) is 18.8 Å². The fourth-order valence-electron chi connectivity index (χ4n) is 5.12. The van der Waals surface area contributed by atoms with Crippen LogP contribution in [0, 0.1) is 0 Å². The van der Waals surface area contributed by atoms with Gasteiger partial charge in [-0.3, -0.25) is 23.7 Å². The van der Waals surface area contributed by atoms with Gasteiger partial charge >= 0.3 is 41.6 Å². The molecule has 3 saturated heterocycles. The van der Waals surface area contributed by atoms with Gasteiger partial charge in [0.15, 0.2) is 5.25 Å². The standard InChI is InChI=1S/C26H41N5O10S2.Na.H/c32-20(27-14-8-2-4-12-23(35)41-31-22(34)15-19(25(31)36)43(38,39)40)10-3-1-7-13-28-21(33)11-6-5-9-18-24-17(16-42-18)29-26(37)30-24;;/h17-19,24H,1-16H2,(H,27,32)(H,28,33)(H2,29,30,37)(H,38,39,40);;/q;+1;-1/t17-,18?,19?,24-;;/m0../s1. The Morgan fingerprint density at radius 1 is 0.909 bits per heavy atom. The minimum Gasteiger partial charge on any atom is -1.00 e. The maximum Gasteiger partial charge on any atom is 1.00 e.